The van der Waals surface area contributed by atoms with Crippen molar-refractivity contribution in [1.29, 1.82) is 0 Å². The van der Waals surface area contributed by atoms with E-state index in [4.69, 9.17) is 14.2 Å². The van der Waals surface area contributed by atoms with Gasteiger partial charge in [-0.1, -0.05) is 0 Å². The summed E-state index contributed by atoms with van der Waals surface area (Å²) < 4.78 is 84.7. The van der Waals surface area contributed by atoms with Gasteiger partial charge in [0.1, 0.15) is 18.2 Å². The fourth-order valence-electron chi connectivity index (χ4n) is 3.37. The number of halogens is 5. The van der Waals surface area contributed by atoms with Crippen LogP contribution >= 0.6 is 0 Å². The van der Waals surface area contributed by atoms with Crippen LogP contribution in [0.4, 0.5) is 27.8 Å². The molecule has 186 valence electrons. The molecular weight excluding hydrogens is 479 g/mol. The summed E-state index contributed by atoms with van der Waals surface area (Å²) in [6, 6.07) is 3.93. The third kappa shape index (κ3) is 5.67. The molecule has 1 saturated heterocycles. The van der Waals surface area contributed by atoms with Gasteiger partial charge in [-0.2, -0.15) is 18.2 Å². The van der Waals surface area contributed by atoms with Crippen LogP contribution in [0.1, 0.15) is 11.1 Å². The van der Waals surface area contributed by atoms with Gasteiger partial charge in [0, 0.05) is 32.4 Å². The molecule has 4 rings (SSSR count). The number of nitrogens with zero attached hydrogens (tertiary/aromatic N) is 4. The quantitative estimate of drug-likeness (QED) is 0.480. The monoisotopic (exact) mass is 498 g/mol. The molecular formula is C22H19F5N4O4. The molecule has 0 atom stereocenters. The summed E-state index contributed by atoms with van der Waals surface area (Å²) in [5.74, 6) is -3.18. The van der Waals surface area contributed by atoms with Gasteiger partial charge in [-0.3, -0.25) is 9.55 Å². The van der Waals surface area contributed by atoms with Crippen LogP contribution in [-0.2, 0) is 24.6 Å². The molecule has 1 aromatic carbocycles. The van der Waals surface area contributed by atoms with E-state index in [0.717, 1.165) is 18.3 Å². The van der Waals surface area contributed by atoms with E-state index in [9.17, 15) is 26.7 Å². The number of morpholine rings is 1. The highest BCUT2D eigenvalue weighted by Gasteiger charge is 2.31. The largest absolute Gasteiger partial charge is 0.473 e. The summed E-state index contributed by atoms with van der Waals surface area (Å²) in [5, 5.41) is 0. The van der Waals surface area contributed by atoms with E-state index in [1.165, 1.54) is 10.6 Å². The first kappa shape index (κ1) is 24.4. The molecule has 0 radical (unpaired) electrons. The first-order chi connectivity index (χ1) is 16.6. The number of pyridine rings is 1. The molecule has 0 spiro atoms. The molecule has 13 heteroatoms. The van der Waals surface area contributed by atoms with Crippen LogP contribution < -0.4 is 20.1 Å². The van der Waals surface area contributed by atoms with Gasteiger partial charge >= 0.3 is 11.9 Å². The lowest BCUT2D eigenvalue weighted by atomic mass is 10.2. The fourth-order valence-corrected chi connectivity index (χ4v) is 3.37. The standard InChI is InChI=1S/C22H19F5N4O4/c1-30-19(31-2-4-33-5-3-31)9-18(29-21(30)32)34-12-13-6-16(23)20(17(24)7-13)35-15-8-14(10-28-11-15)22(25,26)27/h6-11H,2-5,12H2,1H3. The highest BCUT2D eigenvalue weighted by Crippen LogP contribution is 2.33. The molecule has 1 aliphatic heterocycles. The minimum Gasteiger partial charge on any atom is -0.473 e. The van der Waals surface area contributed by atoms with E-state index in [-0.39, 0.29) is 18.1 Å². The molecule has 2 aromatic heterocycles. The van der Waals surface area contributed by atoms with E-state index in [0.29, 0.717) is 44.4 Å². The van der Waals surface area contributed by atoms with Crippen LogP contribution in [0.15, 0.2) is 41.5 Å². The highest BCUT2D eigenvalue weighted by atomic mass is 19.4. The number of hydrogen-bond acceptors (Lipinski definition) is 7. The van der Waals surface area contributed by atoms with Crippen molar-refractivity contribution in [2.45, 2.75) is 12.8 Å². The zero-order valence-electron chi connectivity index (χ0n) is 18.3. The van der Waals surface area contributed by atoms with Gasteiger partial charge in [0.25, 0.3) is 0 Å². The Morgan fingerprint density at radius 3 is 2.40 bits per heavy atom. The molecule has 0 saturated carbocycles. The Kier molecular flexibility index (Phi) is 6.87. The number of anilines is 1. The Morgan fingerprint density at radius 1 is 1.06 bits per heavy atom. The normalized spacial score (nSPS) is 14.2. The summed E-state index contributed by atoms with van der Waals surface area (Å²) >= 11 is 0. The Bertz CT molecular complexity index is 1250. The van der Waals surface area contributed by atoms with Crippen molar-refractivity contribution in [3.05, 3.63) is 69.9 Å². The Balaban J connectivity index is 1.50. The minimum absolute atomic E-state index is 0.0363. The number of rotatable bonds is 6. The van der Waals surface area contributed by atoms with Gasteiger partial charge in [-0.05, 0) is 23.8 Å². The maximum Gasteiger partial charge on any atom is 0.418 e. The van der Waals surface area contributed by atoms with Crippen LogP contribution in [0.5, 0.6) is 17.4 Å². The topological polar surface area (TPSA) is 78.7 Å². The van der Waals surface area contributed by atoms with E-state index in [1.807, 2.05) is 4.90 Å². The van der Waals surface area contributed by atoms with Gasteiger partial charge < -0.3 is 19.1 Å². The van der Waals surface area contributed by atoms with E-state index < -0.39 is 40.6 Å². The molecule has 0 N–H and O–H groups in total. The fraction of sp³-hybridized carbons (Fsp3) is 0.318. The molecule has 1 fully saturated rings. The third-order valence-electron chi connectivity index (χ3n) is 5.13. The first-order valence-electron chi connectivity index (χ1n) is 10.3. The number of hydrogen-bond donors (Lipinski definition) is 0. The zero-order valence-corrected chi connectivity index (χ0v) is 18.3. The van der Waals surface area contributed by atoms with Crippen molar-refractivity contribution in [2.24, 2.45) is 7.05 Å². The van der Waals surface area contributed by atoms with Crippen molar-refractivity contribution < 1.29 is 36.2 Å². The lowest BCUT2D eigenvalue weighted by molar-refractivity contribution is -0.137. The first-order valence-corrected chi connectivity index (χ1v) is 10.3. The Labute approximate surface area is 195 Å². The highest BCUT2D eigenvalue weighted by molar-refractivity contribution is 5.43. The predicted octanol–water partition coefficient (Wildman–Crippen LogP) is 3.68. The van der Waals surface area contributed by atoms with Crippen LogP contribution in [0.3, 0.4) is 0 Å². The maximum atomic E-state index is 14.5. The lowest BCUT2D eigenvalue weighted by Gasteiger charge is -2.29. The molecule has 0 unspecified atom stereocenters. The second-order valence-corrected chi connectivity index (χ2v) is 7.58. The van der Waals surface area contributed by atoms with Gasteiger partial charge in [-0.25, -0.2) is 13.6 Å². The lowest BCUT2D eigenvalue weighted by Crippen LogP contribution is -2.39. The Morgan fingerprint density at radius 2 is 1.74 bits per heavy atom. The van der Waals surface area contributed by atoms with Gasteiger partial charge in [0.2, 0.25) is 5.88 Å². The number of ether oxygens (including phenoxy) is 3. The summed E-state index contributed by atoms with van der Waals surface area (Å²) in [6.07, 6.45) is -3.23. The molecule has 0 bridgehead atoms. The van der Waals surface area contributed by atoms with Crippen LogP contribution in [0.2, 0.25) is 0 Å². The van der Waals surface area contributed by atoms with Crippen molar-refractivity contribution in [3.63, 3.8) is 0 Å². The van der Waals surface area contributed by atoms with E-state index >= 15 is 0 Å². The summed E-state index contributed by atoms with van der Waals surface area (Å²) in [6.45, 7) is 1.79. The van der Waals surface area contributed by atoms with Crippen molar-refractivity contribution in [2.75, 3.05) is 31.2 Å². The summed E-state index contributed by atoms with van der Waals surface area (Å²) in [5.41, 5.74) is -1.65. The third-order valence-corrected chi connectivity index (χ3v) is 5.13. The molecule has 0 amide bonds. The minimum atomic E-state index is -4.70. The van der Waals surface area contributed by atoms with Crippen molar-refractivity contribution >= 4 is 5.82 Å². The van der Waals surface area contributed by atoms with E-state index in [1.54, 1.807) is 7.05 Å². The second kappa shape index (κ2) is 9.86. The molecule has 3 heterocycles. The van der Waals surface area contributed by atoms with Crippen LogP contribution in [0, 0.1) is 11.6 Å². The smallest absolute Gasteiger partial charge is 0.418 e. The van der Waals surface area contributed by atoms with Crippen LogP contribution in [-0.4, -0.2) is 40.8 Å². The zero-order chi connectivity index (χ0) is 25.2. The molecule has 1 aliphatic rings. The summed E-state index contributed by atoms with van der Waals surface area (Å²) in [7, 11) is 1.56. The summed E-state index contributed by atoms with van der Waals surface area (Å²) in [4.78, 5) is 21.3. The average molecular weight is 498 g/mol. The van der Waals surface area contributed by atoms with E-state index in [2.05, 4.69) is 9.97 Å². The Hall–Kier alpha value is -3.74. The van der Waals surface area contributed by atoms with Gasteiger partial charge in [0.05, 0.1) is 25.0 Å². The molecule has 3 aromatic rings. The number of benzene rings is 1. The van der Waals surface area contributed by atoms with Crippen molar-refractivity contribution in [3.8, 4) is 17.4 Å². The van der Waals surface area contributed by atoms with Crippen LogP contribution in [0.25, 0.3) is 0 Å². The average Bonchev–Trinajstić information content (AvgIpc) is 2.82. The predicted molar refractivity (Wildman–Crippen MR) is 113 cm³/mol. The maximum absolute atomic E-state index is 14.5. The second-order valence-electron chi connectivity index (χ2n) is 7.58. The molecule has 35 heavy (non-hydrogen) atoms. The van der Waals surface area contributed by atoms with Gasteiger partial charge in [-0.15, -0.1) is 0 Å². The van der Waals surface area contributed by atoms with Crippen molar-refractivity contribution in [1.82, 2.24) is 14.5 Å². The molecule has 0 aliphatic carbocycles. The van der Waals surface area contributed by atoms with Gasteiger partial charge in [0.15, 0.2) is 17.4 Å². The SMILES string of the molecule is Cn1c(N2CCOCC2)cc(OCc2cc(F)c(Oc3cncc(C(F)(F)F)c3)c(F)c2)nc1=O. The number of alkyl halides is 3. The molecule has 8 nitrogen and oxygen atoms in total. The number of aromatic nitrogens is 3.